The zero-order chi connectivity index (χ0) is 13.1. The molecule has 1 saturated heterocycles. The third-order valence-electron chi connectivity index (χ3n) is 3.19. The van der Waals surface area contributed by atoms with Crippen LogP contribution in [0.4, 0.5) is 0 Å². The van der Waals surface area contributed by atoms with Gasteiger partial charge in [-0.15, -0.1) is 0 Å². The van der Waals surface area contributed by atoms with Crippen LogP contribution in [0, 0.1) is 12.8 Å². The van der Waals surface area contributed by atoms with Crippen molar-refractivity contribution in [3.05, 3.63) is 23.7 Å². The van der Waals surface area contributed by atoms with E-state index in [1.54, 1.807) is 24.0 Å². The van der Waals surface area contributed by atoms with E-state index in [0.717, 1.165) is 12.8 Å². The number of nitrogens with zero attached hydrogens (tertiary/aromatic N) is 1. The fourth-order valence-electron chi connectivity index (χ4n) is 2.23. The molecule has 98 valence electrons. The van der Waals surface area contributed by atoms with Crippen LogP contribution in [0.5, 0.6) is 0 Å². The van der Waals surface area contributed by atoms with Gasteiger partial charge in [0, 0.05) is 13.1 Å². The van der Waals surface area contributed by atoms with Gasteiger partial charge in [-0.1, -0.05) is 0 Å². The van der Waals surface area contributed by atoms with Crippen LogP contribution in [-0.2, 0) is 9.53 Å². The molecule has 0 aromatic carbocycles. The molecule has 1 aliphatic rings. The van der Waals surface area contributed by atoms with Crippen molar-refractivity contribution in [2.24, 2.45) is 5.92 Å². The maximum absolute atomic E-state index is 12.1. The van der Waals surface area contributed by atoms with Gasteiger partial charge in [-0.25, -0.2) is 0 Å². The number of likely N-dealkylation sites (tertiary alicyclic amines) is 1. The molecular weight excluding hydrogens is 234 g/mol. The molecule has 0 radical (unpaired) electrons. The normalized spacial score (nSPS) is 19.7. The zero-order valence-corrected chi connectivity index (χ0v) is 10.6. The summed E-state index contributed by atoms with van der Waals surface area (Å²) in [7, 11) is 1.37. The van der Waals surface area contributed by atoms with E-state index in [0.29, 0.717) is 24.6 Å². The van der Waals surface area contributed by atoms with Gasteiger partial charge in [0.25, 0.3) is 5.91 Å². The number of hydrogen-bond donors (Lipinski definition) is 0. The fourth-order valence-corrected chi connectivity index (χ4v) is 2.23. The number of ether oxygens (including phenoxy) is 1. The number of furan rings is 1. The highest BCUT2D eigenvalue weighted by Crippen LogP contribution is 2.20. The number of carbonyl (C=O) groups is 2. The van der Waals surface area contributed by atoms with Crippen molar-refractivity contribution in [3.63, 3.8) is 0 Å². The van der Waals surface area contributed by atoms with Gasteiger partial charge in [0.1, 0.15) is 5.76 Å². The van der Waals surface area contributed by atoms with E-state index in [4.69, 9.17) is 9.15 Å². The van der Waals surface area contributed by atoms with Gasteiger partial charge in [-0.05, 0) is 31.9 Å². The minimum absolute atomic E-state index is 0.156. The lowest BCUT2D eigenvalue weighted by Gasteiger charge is -2.30. The van der Waals surface area contributed by atoms with E-state index in [9.17, 15) is 9.59 Å². The Labute approximate surface area is 106 Å². The van der Waals surface area contributed by atoms with Crippen molar-refractivity contribution in [3.8, 4) is 0 Å². The van der Waals surface area contributed by atoms with Crippen molar-refractivity contribution < 1.29 is 18.7 Å². The monoisotopic (exact) mass is 251 g/mol. The lowest BCUT2D eigenvalue weighted by atomic mass is 9.98. The molecule has 5 nitrogen and oxygen atoms in total. The van der Waals surface area contributed by atoms with Gasteiger partial charge < -0.3 is 14.1 Å². The standard InChI is InChI=1S/C13H17NO4/c1-9-5-6-11(18-9)12(15)14-7-3-4-10(8-14)13(16)17-2/h5-6,10H,3-4,7-8H2,1-2H3. The highest BCUT2D eigenvalue weighted by atomic mass is 16.5. The average Bonchev–Trinajstić information content (AvgIpc) is 2.83. The molecule has 5 heteroatoms. The Bertz CT molecular complexity index is 452. The van der Waals surface area contributed by atoms with E-state index < -0.39 is 0 Å². The number of piperidine rings is 1. The molecule has 0 bridgehead atoms. The molecule has 0 spiro atoms. The maximum atomic E-state index is 12.1. The highest BCUT2D eigenvalue weighted by Gasteiger charge is 2.30. The minimum atomic E-state index is -0.247. The Kier molecular flexibility index (Phi) is 3.69. The third kappa shape index (κ3) is 2.55. The Balaban J connectivity index is 2.05. The summed E-state index contributed by atoms with van der Waals surface area (Å²) in [6.07, 6.45) is 1.58. The molecule has 0 saturated carbocycles. The van der Waals surface area contributed by atoms with Crippen LogP contribution in [0.3, 0.4) is 0 Å². The first kappa shape index (κ1) is 12.7. The van der Waals surface area contributed by atoms with Crippen LogP contribution in [0.15, 0.2) is 16.5 Å². The second-order valence-electron chi connectivity index (χ2n) is 4.52. The quantitative estimate of drug-likeness (QED) is 0.749. The number of aryl methyl sites for hydroxylation is 1. The highest BCUT2D eigenvalue weighted by molar-refractivity contribution is 5.92. The lowest BCUT2D eigenvalue weighted by Crippen LogP contribution is -2.42. The first-order valence-electron chi connectivity index (χ1n) is 6.05. The van der Waals surface area contributed by atoms with E-state index in [1.807, 2.05) is 0 Å². The molecule has 1 aliphatic heterocycles. The smallest absolute Gasteiger partial charge is 0.310 e. The predicted molar refractivity (Wildman–Crippen MR) is 64.1 cm³/mol. The summed E-state index contributed by atoms with van der Waals surface area (Å²) in [6.45, 7) is 2.86. The third-order valence-corrected chi connectivity index (χ3v) is 3.19. The van der Waals surface area contributed by atoms with Gasteiger partial charge in [-0.2, -0.15) is 0 Å². The van der Waals surface area contributed by atoms with E-state index in [1.165, 1.54) is 7.11 Å². The topological polar surface area (TPSA) is 59.8 Å². The number of hydrogen-bond acceptors (Lipinski definition) is 4. The van der Waals surface area contributed by atoms with Gasteiger partial charge >= 0.3 is 5.97 Å². The first-order chi connectivity index (χ1) is 8.61. The SMILES string of the molecule is COC(=O)C1CCCN(C(=O)c2ccc(C)o2)C1. The molecule has 1 aromatic rings. The van der Waals surface area contributed by atoms with Crippen molar-refractivity contribution in [1.29, 1.82) is 0 Å². The summed E-state index contributed by atoms with van der Waals surface area (Å²) in [5.41, 5.74) is 0. The summed E-state index contributed by atoms with van der Waals surface area (Å²) < 4.78 is 10.0. The molecule has 2 rings (SSSR count). The largest absolute Gasteiger partial charge is 0.469 e. The Morgan fingerprint density at radius 1 is 1.44 bits per heavy atom. The second kappa shape index (κ2) is 5.25. The zero-order valence-electron chi connectivity index (χ0n) is 10.6. The van der Waals surface area contributed by atoms with E-state index in [2.05, 4.69) is 0 Å². The van der Waals surface area contributed by atoms with Crippen LogP contribution < -0.4 is 0 Å². The van der Waals surface area contributed by atoms with Crippen molar-refractivity contribution >= 4 is 11.9 Å². The minimum Gasteiger partial charge on any atom is -0.469 e. The van der Waals surface area contributed by atoms with Crippen LogP contribution >= 0.6 is 0 Å². The number of methoxy groups -OCH3 is 1. The molecule has 0 N–H and O–H groups in total. The van der Waals surface area contributed by atoms with Crippen LogP contribution in [0.2, 0.25) is 0 Å². The molecular formula is C13H17NO4. The molecule has 18 heavy (non-hydrogen) atoms. The van der Waals surface area contributed by atoms with Crippen molar-refractivity contribution in [1.82, 2.24) is 4.90 Å². The van der Waals surface area contributed by atoms with Crippen LogP contribution in [0.25, 0.3) is 0 Å². The number of rotatable bonds is 2. The van der Waals surface area contributed by atoms with E-state index >= 15 is 0 Å². The molecule has 1 atom stereocenters. The predicted octanol–water partition coefficient (Wildman–Crippen LogP) is 1.61. The first-order valence-corrected chi connectivity index (χ1v) is 6.05. The molecule has 1 fully saturated rings. The van der Waals surface area contributed by atoms with Gasteiger partial charge in [-0.3, -0.25) is 9.59 Å². The summed E-state index contributed by atoms with van der Waals surface area (Å²) >= 11 is 0. The number of amides is 1. The number of esters is 1. The fraction of sp³-hybridized carbons (Fsp3) is 0.538. The Morgan fingerprint density at radius 2 is 2.22 bits per heavy atom. The Hall–Kier alpha value is -1.78. The molecule has 0 aliphatic carbocycles. The molecule has 1 unspecified atom stereocenters. The summed E-state index contributed by atoms with van der Waals surface area (Å²) in [6, 6.07) is 3.42. The Morgan fingerprint density at radius 3 is 2.83 bits per heavy atom. The van der Waals surface area contributed by atoms with Crippen LogP contribution in [0.1, 0.15) is 29.2 Å². The molecule has 1 amide bonds. The summed E-state index contributed by atoms with van der Waals surface area (Å²) in [5.74, 6) is 0.418. The maximum Gasteiger partial charge on any atom is 0.310 e. The van der Waals surface area contributed by atoms with Gasteiger partial charge in [0.05, 0.1) is 13.0 Å². The molecule has 2 heterocycles. The molecule has 1 aromatic heterocycles. The van der Waals surface area contributed by atoms with Gasteiger partial charge in [0.15, 0.2) is 5.76 Å². The van der Waals surface area contributed by atoms with Gasteiger partial charge in [0.2, 0.25) is 0 Å². The van der Waals surface area contributed by atoms with Crippen LogP contribution in [-0.4, -0.2) is 37.0 Å². The second-order valence-corrected chi connectivity index (χ2v) is 4.52. The number of carbonyl (C=O) groups excluding carboxylic acids is 2. The average molecular weight is 251 g/mol. The van der Waals surface area contributed by atoms with E-state index in [-0.39, 0.29) is 17.8 Å². The lowest BCUT2D eigenvalue weighted by molar-refractivity contribution is -0.146. The summed E-state index contributed by atoms with van der Waals surface area (Å²) in [5, 5.41) is 0. The van der Waals surface area contributed by atoms with Crippen molar-refractivity contribution in [2.45, 2.75) is 19.8 Å². The summed E-state index contributed by atoms with van der Waals surface area (Å²) in [4.78, 5) is 25.3. The van der Waals surface area contributed by atoms with Crippen molar-refractivity contribution in [2.75, 3.05) is 20.2 Å².